The minimum absolute atomic E-state index is 0. The Balaban J connectivity index is 0.00000341. The minimum Gasteiger partial charge on any atom is -0.444 e. The van der Waals surface area contributed by atoms with E-state index in [2.05, 4.69) is 15.2 Å². The highest BCUT2D eigenvalue weighted by molar-refractivity contribution is 14.0. The van der Waals surface area contributed by atoms with Crippen molar-refractivity contribution in [1.82, 2.24) is 15.1 Å². The number of carbonyl (C=O) groups excluding carboxylic acids is 1. The Kier molecular flexibility index (Phi) is 9.30. The molecule has 1 N–H and O–H groups in total. The predicted octanol–water partition coefficient (Wildman–Crippen LogP) is 2.73. The van der Waals surface area contributed by atoms with Gasteiger partial charge in [0.05, 0.1) is 11.5 Å². The zero-order valence-corrected chi connectivity index (χ0v) is 22.4. The lowest BCUT2D eigenvalue weighted by molar-refractivity contribution is 0.00927. The molecule has 0 aromatic carbocycles. The highest BCUT2D eigenvalue weighted by Crippen LogP contribution is 2.32. The first-order valence-electron chi connectivity index (χ1n) is 11.2. The van der Waals surface area contributed by atoms with Gasteiger partial charge in [-0.25, -0.2) is 13.2 Å². The first-order chi connectivity index (χ1) is 14.1. The number of rotatable bonds is 5. The number of aliphatic imine (C=N–C) groups is 1. The molecule has 10 heteroatoms. The van der Waals surface area contributed by atoms with Crippen LogP contribution < -0.4 is 5.32 Å². The van der Waals surface area contributed by atoms with E-state index in [1.54, 1.807) is 7.05 Å². The molecule has 0 bridgehead atoms. The Bertz CT molecular complexity index is 741. The Morgan fingerprint density at radius 2 is 1.77 bits per heavy atom. The molecular weight excluding hydrogens is 531 g/mol. The Morgan fingerprint density at radius 1 is 1.13 bits per heavy atom. The fourth-order valence-corrected chi connectivity index (χ4v) is 6.12. The van der Waals surface area contributed by atoms with Gasteiger partial charge in [0, 0.05) is 39.3 Å². The molecule has 3 fully saturated rings. The fraction of sp³-hybridized carbons (Fsp3) is 0.905. The third kappa shape index (κ3) is 8.25. The molecule has 3 aliphatic rings. The average Bonchev–Trinajstić information content (AvgIpc) is 3.41. The first kappa shape index (κ1) is 26.5. The SMILES string of the molecule is CN=C(NCC1CCS(=O)(=O)C1)N1CCC(N(CC2CC2)C(=O)OC(C)(C)C)CC1.I. The van der Waals surface area contributed by atoms with E-state index in [1.165, 1.54) is 12.8 Å². The third-order valence-electron chi connectivity index (χ3n) is 6.07. The van der Waals surface area contributed by atoms with E-state index in [0.29, 0.717) is 18.2 Å². The van der Waals surface area contributed by atoms with Crippen LogP contribution in [0.2, 0.25) is 0 Å². The molecule has 180 valence electrons. The summed E-state index contributed by atoms with van der Waals surface area (Å²) < 4.78 is 29.0. The third-order valence-corrected chi connectivity index (χ3v) is 7.91. The summed E-state index contributed by atoms with van der Waals surface area (Å²) in [7, 11) is -1.10. The number of likely N-dealkylation sites (tertiary alicyclic amines) is 1. The molecule has 0 aromatic heterocycles. The smallest absolute Gasteiger partial charge is 0.410 e. The van der Waals surface area contributed by atoms with E-state index in [1.807, 2.05) is 25.7 Å². The van der Waals surface area contributed by atoms with Gasteiger partial charge >= 0.3 is 6.09 Å². The zero-order valence-electron chi connectivity index (χ0n) is 19.3. The number of halogens is 1. The van der Waals surface area contributed by atoms with E-state index < -0.39 is 15.4 Å². The maximum atomic E-state index is 12.8. The summed E-state index contributed by atoms with van der Waals surface area (Å²) >= 11 is 0. The largest absolute Gasteiger partial charge is 0.444 e. The van der Waals surface area contributed by atoms with Gasteiger partial charge in [0.15, 0.2) is 15.8 Å². The number of amides is 1. The highest BCUT2D eigenvalue weighted by atomic mass is 127. The maximum absolute atomic E-state index is 12.8. The predicted molar refractivity (Wildman–Crippen MR) is 134 cm³/mol. The van der Waals surface area contributed by atoms with Crippen LogP contribution in [0.1, 0.15) is 52.9 Å². The van der Waals surface area contributed by atoms with Crippen molar-refractivity contribution >= 4 is 45.9 Å². The summed E-state index contributed by atoms with van der Waals surface area (Å²) in [6, 6.07) is 0.190. The molecular formula is C21H39IN4O4S. The highest BCUT2D eigenvalue weighted by Gasteiger charge is 2.36. The van der Waals surface area contributed by atoms with Crippen molar-refractivity contribution in [2.24, 2.45) is 16.8 Å². The standard InChI is InChI=1S/C21H38N4O4S.HI/c1-21(2,3)29-20(26)25(14-16-5-6-16)18-7-10-24(11-8-18)19(22-4)23-13-17-9-12-30(27,28)15-17;/h16-18H,5-15H2,1-4H3,(H,22,23);1H. The maximum Gasteiger partial charge on any atom is 0.410 e. The second-order valence-corrected chi connectivity index (χ2v) is 12.2. The molecule has 1 atom stereocenters. The molecule has 3 rings (SSSR count). The monoisotopic (exact) mass is 570 g/mol. The van der Waals surface area contributed by atoms with Crippen molar-refractivity contribution in [2.45, 2.75) is 64.5 Å². The van der Waals surface area contributed by atoms with Crippen LogP contribution in [0.15, 0.2) is 4.99 Å². The van der Waals surface area contributed by atoms with Crippen molar-refractivity contribution in [3.8, 4) is 0 Å². The fourth-order valence-electron chi connectivity index (χ4n) is 4.26. The van der Waals surface area contributed by atoms with Crippen LogP contribution in [0.5, 0.6) is 0 Å². The number of hydrogen-bond donors (Lipinski definition) is 1. The van der Waals surface area contributed by atoms with Crippen LogP contribution in [0.25, 0.3) is 0 Å². The lowest BCUT2D eigenvalue weighted by Crippen LogP contribution is -2.53. The van der Waals surface area contributed by atoms with Crippen LogP contribution in [0, 0.1) is 11.8 Å². The molecule has 2 saturated heterocycles. The van der Waals surface area contributed by atoms with Crippen molar-refractivity contribution in [3.63, 3.8) is 0 Å². The molecule has 8 nitrogen and oxygen atoms in total. The van der Waals surface area contributed by atoms with Gasteiger partial charge in [0.1, 0.15) is 5.60 Å². The van der Waals surface area contributed by atoms with Gasteiger partial charge in [-0.1, -0.05) is 0 Å². The molecule has 1 aliphatic carbocycles. The number of sulfone groups is 1. The van der Waals surface area contributed by atoms with Crippen LogP contribution in [-0.4, -0.2) is 86.6 Å². The normalized spacial score (nSPS) is 24.5. The van der Waals surface area contributed by atoms with E-state index in [0.717, 1.165) is 44.9 Å². The van der Waals surface area contributed by atoms with Gasteiger partial charge in [-0.05, 0) is 64.7 Å². The van der Waals surface area contributed by atoms with E-state index in [-0.39, 0.29) is 47.8 Å². The number of nitrogens with zero attached hydrogens (tertiary/aromatic N) is 3. The average molecular weight is 571 g/mol. The molecule has 1 saturated carbocycles. The molecule has 0 spiro atoms. The first-order valence-corrected chi connectivity index (χ1v) is 13.0. The molecule has 0 aromatic rings. The van der Waals surface area contributed by atoms with Crippen LogP contribution in [-0.2, 0) is 14.6 Å². The van der Waals surface area contributed by atoms with Crippen molar-refractivity contribution < 1.29 is 17.9 Å². The molecule has 31 heavy (non-hydrogen) atoms. The topological polar surface area (TPSA) is 91.3 Å². The van der Waals surface area contributed by atoms with E-state index in [9.17, 15) is 13.2 Å². The van der Waals surface area contributed by atoms with E-state index >= 15 is 0 Å². The summed E-state index contributed by atoms with van der Waals surface area (Å²) in [5.41, 5.74) is -0.487. The number of piperidine rings is 1. The summed E-state index contributed by atoms with van der Waals surface area (Å²) in [6.07, 6.45) is 4.69. The number of hydrogen-bond acceptors (Lipinski definition) is 5. The molecule has 1 amide bonds. The Labute approximate surface area is 204 Å². The van der Waals surface area contributed by atoms with Gasteiger partial charge in [0.2, 0.25) is 0 Å². The van der Waals surface area contributed by atoms with Gasteiger partial charge in [-0.2, -0.15) is 0 Å². The Morgan fingerprint density at radius 3 is 2.26 bits per heavy atom. The molecule has 2 heterocycles. The Hall–Kier alpha value is -0.780. The van der Waals surface area contributed by atoms with E-state index in [4.69, 9.17) is 4.74 Å². The van der Waals surface area contributed by atoms with Crippen LogP contribution in [0.4, 0.5) is 4.79 Å². The number of carbonyl (C=O) groups is 1. The second kappa shape index (κ2) is 10.9. The van der Waals surface area contributed by atoms with Crippen molar-refractivity contribution in [3.05, 3.63) is 0 Å². The molecule has 2 aliphatic heterocycles. The number of ether oxygens (including phenoxy) is 1. The van der Waals surface area contributed by atoms with Gasteiger partial charge in [-0.3, -0.25) is 4.99 Å². The summed E-state index contributed by atoms with van der Waals surface area (Å²) in [4.78, 5) is 21.4. The lowest BCUT2D eigenvalue weighted by atomic mass is 10.0. The minimum atomic E-state index is -2.86. The van der Waals surface area contributed by atoms with Gasteiger partial charge < -0.3 is 19.9 Å². The van der Waals surface area contributed by atoms with Crippen molar-refractivity contribution in [2.75, 3.05) is 44.7 Å². The van der Waals surface area contributed by atoms with Crippen molar-refractivity contribution in [1.29, 1.82) is 0 Å². The second-order valence-electron chi connectivity index (χ2n) is 9.99. The number of nitrogens with one attached hydrogen (secondary N) is 1. The van der Waals surface area contributed by atoms with Gasteiger partial charge in [-0.15, -0.1) is 24.0 Å². The van der Waals surface area contributed by atoms with Crippen LogP contribution in [0.3, 0.4) is 0 Å². The van der Waals surface area contributed by atoms with Crippen LogP contribution >= 0.6 is 24.0 Å². The lowest BCUT2D eigenvalue weighted by Gasteiger charge is -2.40. The summed E-state index contributed by atoms with van der Waals surface area (Å²) in [6.45, 7) is 8.80. The molecule has 0 radical (unpaired) electrons. The molecule has 1 unspecified atom stereocenters. The summed E-state index contributed by atoms with van der Waals surface area (Å²) in [5, 5.41) is 3.37. The quantitative estimate of drug-likeness (QED) is 0.311. The van der Waals surface area contributed by atoms with Gasteiger partial charge in [0.25, 0.3) is 0 Å². The zero-order chi connectivity index (χ0) is 21.9. The number of guanidine groups is 1. The summed E-state index contributed by atoms with van der Waals surface area (Å²) in [5.74, 6) is 2.16.